The average Bonchev–Trinajstić information content (AvgIpc) is 2.10. The van der Waals surface area contributed by atoms with Crippen molar-refractivity contribution in [2.45, 2.75) is 25.8 Å². The third kappa shape index (κ3) is 5.45. The van der Waals surface area contributed by atoms with Crippen molar-refractivity contribution in [3.63, 3.8) is 0 Å². The maximum absolute atomic E-state index is 11.1. The lowest BCUT2D eigenvalue weighted by Crippen LogP contribution is -2.41. The normalized spacial score (nSPS) is 11.5. The van der Waals surface area contributed by atoms with Gasteiger partial charge < -0.3 is 16.2 Å². The number of hydrogen-bond acceptors (Lipinski definition) is 3. The number of amides is 2. The Balaban J connectivity index is 4.28. The maximum Gasteiger partial charge on any atom is 0.326 e. The second kappa shape index (κ2) is 5.79. The number of carboxylic acids is 1. The molecule has 0 radical (unpaired) electrons. The SMILES string of the molecule is C=C(C)C(=O)N[C@@H](CCC(N)=O)C(=O)O. The quantitative estimate of drug-likeness (QED) is 0.512. The molecule has 0 aromatic heterocycles. The minimum Gasteiger partial charge on any atom is -0.480 e. The minimum absolute atomic E-state index is 0.0241. The predicted octanol–water partition coefficient (Wildman–Crippen LogP) is -0.603. The van der Waals surface area contributed by atoms with Gasteiger partial charge in [0.15, 0.2) is 0 Å². The van der Waals surface area contributed by atoms with Crippen molar-refractivity contribution < 1.29 is 19.5 Å². The van der Waals surface area contributed by atoms with E-state index in [0.717, 1.165) is 0 Å². The fraction of sp³-hybridized carbons (Fsp3) is 0.444. The maximum atomic E-state index is 11.1. The summed E-state index contributed by atoms with van der Waals surface area (Å²) in [4.78, 5) is 32.2. The molecule has 15 heavy (non-hydrogen) atoms. The highest BCUT2D eigenvalue weighted by atomic mass is 16.4. The van der Waals surface area contributed by atoms with Crippen LogP contribution in [-0.4, -0.2) is 28.9 Å². The molecule has 0 rings (SSSR count). The van der Waals surface area contributed by atoms with Crippen LogP contribution < -0.4 is 11.1 Å². The van der Waals surface area contributed by atoms with Crippen LogP contribution in [0, 0.1) is 0 Å². The van der Waals surface area contributed by atoms with E-state index in [1.807, 2.05) is 0 Å². The molecule has 0 unspecified atom stereocenters. The number of carbonyl (C=O) groups excluding carboxylic acids is 2. The molecule has 1 atom stereocenters. The van der Waals surface area contributed by atoms with Crippen molar-refractivity contribution >= 4 is 17.8 Å². The zero-order chi connectivity index (χ0) is 12.0. The monoisotopic (exact) mass is 214 g/mol. The molecule has 0 aliphatic heterocycles. The van der Waals surface area contributed by atoms with Gasteiger partial charge in [-0.15, -0.1) is 0 Å². The first-order valence-corrected chi connectivity index (χ1v) is 4.32. The second-order valence-corrected chi connectivity index (χ2v) is 3.15. The van der Waals surface area contributed by atoms with Crippen LogP contribution in [0.25, 0.3) is 0 Å². The highest BCUT2D eigenvalue weighted by molar-refractivity contribution is 5.94. The molecule has 4 N–H and O–H groups in total. The zero-order valence-electron chi connectivity index (χ0n) is 8.45. The Morgan fingerprint density at radius 1 is 1.47 bits per heavy atom. The van der Waals surface area contributed by atoms with Crippen LogP contribution in [0.1, 0.15) is 19.8 Å². The van der Waals surface area contributed by atoms with Crippen molar-refractivity contribution in [1.82, 2.24) is 5.32 Å². The zero-order valence-corrected chi connectivity index (χ0v) is 8.45. The number of rotatable bonds is 6. The van der Waals surface area contributed by atoms with Crippen molar-refractivity contribution in [1.29, 1.82) is 0 Å². The molecule has 0 aromatic carbocycles. The van der Waals surface area contributed by atoms with E-state index in [2.05, 4.69) is 11.9 Å². The summed E-state index contributed by atoms with van der Waals surface area (Å²) in [5.74, 6) is -2.36. The Morgan fingerprint density at radius 3 is 2.33 bits per heavy atom. The first kappa shape index (κ1) is 13.2. The average molecular weight is 214 g/mol. The summed E-state index contributed by atoms with van der Waals surface area (Å²) in [6.45, 7) is 4.83. The van der Waals surface area contributed by atoms with E-state index in [9.17, 15) is 14.4 Å². The van der Waals surface area contributed by atoms with E-state index >= 15 is 0 Å². The van der Waals surface area contributed by atoms with E-state index in [1.54, 1.807) is 0 Å². The van der Waals surface area contributed by atoms with Gasteiger partial charge in [0.05, 0.1) is 0 Å². The van der Waals surface area contributed by atoms with E-state index in [-0.39, 0.29) is 18.4 Å². The van der Waals surface area contributed by atoms with Crippen molar-refractivity contribution in [2.75, 3.05) is 0 Å². The number of nitrogens with one attached hydrogen (secondary N) is 1. The molecule has 0 aliphatic carbocycles. The summed E-state index contributed by atoms with van der Waals surface area (Å²) >= 11 is 0. The topological polar surface area (TPSA) is 109 Å². The molecule has 0 bridgehead atoms. The largest absolute Gasteiger partial charge is 0.480 e. The molecule has 0 saturated carbocycles. The van der Waals surface area contributed by atoms with Crippen molar-refractivity contribution in [3.8, 4) is 0 Å². The molecule has 0 fully saturated rings. The predicted molar refractivity (Wildman–Crippen MR) is 52.8 cm³/mol. The molecule has 0 aromatic rings. The van der Waals surface area contributed by atoms with Gasteiger partial charge in [-0.25, -0.2) is 4.79 Å². The number of aliphatic carboxylic acids is 1. The molecule has 0 heterocycles. The first-order chi connectivity index (χ1) is 6.84. The summed E-state index contributed by atoms with van der Waals surface area (Å²) in [6.07, 6.45) is -0.114. The summed E-state index contributed by atoms with van der Waals surface area (Å²) < 4.78 is 0. The minimum atomic E-state index is -1.20. The van der Waals surface area contributed by atoms with E-state index in [0.29, 0.717) is 0 Å². The van der Waals surface area contributed by atoms with Crippen molar-refractivity contribution in [3.05, 3.63) is 12.2 Å². The third-order valence-electron chi connectivity index (χ3n) is 1.67. The Kier molecular flexibility index (Phi) is 5.08. The molecule has 6 heteroatoms. The van der Waals surface area contributed by atoms with Crippen LogP contribution in [-0.2, 0) is 14.4 Å². The molecular formula is C9H14N2O4. The fourth-order valence-corrected chi connectivity index (χ4v) is 0.825. The fourth-order valence-electron chi connectivity index (χ4n) is 0.825. The van der Waals surface area contributed by atoms with Gasteiger partial charge in [-0.2, -0.15) is 0 Å². The van der Waals surface area contributed by atoms with Gasteiger partial charge in [0, 0.05) is 12.0 Å². The number of primary amides is 1. The summed E-state index contributed by atoms with van der Waals surface area (Å²) in [7, 11) is 0. The van der Waals surface area contributed by atoms with Crippen LogP contribution in [0.3, 0.4) is 0 Å². The second-order valence-electron chi connectivity index (χ2n) is 3.15. The Bertz CT molecular complexity index is 298. The van der Waals surface area contributed by atoms with Crippen LogP contribution in [0.15, 0.2) is 12.2 Å². The lowest BCUT2D eigenvalue weighted by molar-refractivity contribution is -0.141. The lowest BCUT2D eigenvalue weighted by Gasteiger charge is -2.13. The molecule has 0 saturated heterocycles. The summed E-state index contributed by atoms with van der Waals surface area (Å²) in [5.41, 5.74) is 5.08. The smallest absolute Gasteiger partial charge is 0.326 e. The van der Waals surface area contributed by atoms with Gasteiger partial charge in [-0.05, 0) is 13.3 Å². The highest BCUT2D eigenvalue weighted by Gasteiger charge is 2.20. The summed E-state index contributed by atoms with van der Waals surface area (Å²) in [5, 5.41) is 10.9. The van der Waals surface area contributed by atoms with E-state index < -0.39 is 23.8 Å². The standard InChI is InChI=1S/C9H14N2O4/c1-5(2)8(13)11-6(9(14)15)3-4-7(10)12/h6H,1,3-4H2,2H3,(H2,10,12)(H,11,13)(H,14,15)/t6-/m0/s1. The van der Waals surface area contributed by atoms with Crippen LogP contribution in [0.2, 0.25) is 0 Å². The lowest BCUT2D eigenvalue weighted by atomic mass is 10.1. The van der Waals surface area contributed by atoms with E-state index in [4.69, 9.17) is 10.8 Å². The van der Waals surface area contributed by atoms with Crippen LogP contribution in [0.4, 0.5) is 0 Å². The molecule has 2 amide bonds. The van der Waals surface area contributed by atoms with Crippen LogP contribution >= 0.6 is 0 Å². The van der Waals surface area contributed by atoms with Gasteiger partial charge in [-0.1, -0.05) is 6.58 Å². The summed E-state index contributed by atoms with van der Waals surface area (Å²) in [6, 6.07) is -1.11. The Labute approximate surface area is 87.1 Å². The third-order valence-corrected chi connectivity index (χ3v) is 1.67. The highest BCUT2D eigenvalue weighted by Crippen LogP contribution is 1.99. The first-order valence-electron chi connectivity index (χ1n) is 4.32. The van der Waals surface area contributed by atoms with E-state index in [1.165, 1.54) is 6.92 Å². The number of hydrogen-bond donors (Lipinski definition) is 3. The molecule has 84 valence electrons. The molecular weight excluding hydrogens is 200 g/mol. The van der Waals surface area contributed by atoms with Gasteiger partial charge in [0.2, 0.25) is 11.8 Å². The Hall–Kier alpha value is -1.85. The number of carboxylic acid groups (broad SMARTS) is 1. The van der Waals surface area contributed by atoms with Gasteiger partial charge >= 0.3 is 5.97 Å². The molecule has 0 aliphatic rings. The Morgan fingerprint density at radius 2 is 2.00 bits per heavy atom. The van der Waals surface area contributed by atoms with Gasteiger partial charge in [-0.3, -0.25) is 9.59 Å². The number of nitrogens with two attached hydrogens (primary N) is 1. The molecule has 6 nitrogen and oxygen atoms in total. The van der Waals surface area contributed by atoms with Crippen LogP contribution in [0.5, 0.6) is 0 Å². The van der Waals surface area contributed by atoms with Gasteiger partial charge in [0.1, 0.15) is 6.04 Å². The van der Waals surface area contributed by atoms with Gasteiger partial charge in [0.25, 0.3) is 0 Å². The number of carbonyl (C=O) groups is 3. The molecule has 0 spiro atoms. The van der Waals surface area contributed by atoms with Crippen molar-refractivity contribution in [2.24, 2.45) is 5.73 Å².